The zero-order chi connectivity index (χ0) is 19.3. The van der Waals surface area contributed by atoms with Crippen LogP contribution in [0.1, 0.15) is 19.3 Å². The summed E-state index contributed by atoms with van der Waals surface area (Å²) in [5.74, 6) is -2.51. The van der Waals surface area contributed by atoms with Crippen molar-refractivity contribution in [2.45, 2.75) is 36.4 Å². The molecule has 0 saturated carbocycles. The predicted octanol–water partition coefficient (Wildman–Crippen LogP) is -1.84. The number of carbonyl (C=O) groups excluding carboxylic acids is 3. The van der Waals surface area contributed by atoms with E-state index in [0.29, 0.717) is 0 Å². The van der Waals surface area contributed by atoms with E-state index in [9.17, 15) is 22.8 Å². The first kappa shape index (κ1) is 19.9. The number of aliphatic hydroxyl groups excluding tert-OH is 1. The summed E-state index contributed by atoms with van der Waals surface area (Å²) in [6, 6.07) is 1.45. The highest BCUT2D eigenvalue weighted by Gasteiger charge is 2.44. The van der Waals surface area contributed by atoms with Gasteiger partial charge in [0.2, 0.25) is 11.8 Å². The number of sulfonamides is 1. The third kappa shape index (κ3) is 4.23. The van der Waals surface area contributed by atoms with Gasteiger partial charge in [-0.1, -0.05) is 6.07 Å². The Kier molecular flexibility index (Phi) is 6.40. The molecule has 4 N–H and O–H groups in total. The average molecular weight is 384 g/mol. The van der Waals surface area contributed by atoms with Crippen molar-refractivity contribution in [2.24, 2.45) is 5.73 Å². The Morgan fingerprint density at radius 2 is 2.12 bits per heavy atom. The number of aliphatic hydroxyl groups is 1. The fraction of sp³-hybridized carbons (Fsp3) is 0.467. The van der Waals surface area contributed by atoms with Gasteiger partial charge in [0.15, 0.2) is 16.9 Å². The zero-order valence-electron chi connectivity index (χ0n) is 13.9. The molecular weight excluding hydrogens is 364 g/mol. The maximum Gasteiger partial charge on any atom is 0.261 e. The number of Topliss-reactive ketones (excluding diaryl/α,β-unsaturated/α-hetero) is 1. The molecule has 1 saturated heterocycles. The first-order valence-electron chi connectivity index (χ1n) is 7.95. The number of aromatic nitrogens is 1. The van der Waals surface area contributed by atoms with Crippen LogP contribution in [-0.2, 0) is 24.4 Å². The molecule has 1 unspecified atom stereocenters. The fourth-order valence-corrected chi connectivity index (χ4v) is 4.27. The molecule has 2 rings (SSSR count). The van der Waals surface area contributed by atoms with Crippen LogP contribution in [0.2, 0.25) is 0 Å². The number of nitrogens with zero attached hydrogens (tertiary/aromatic N) is 2. The number of carbonyl (C=O) groups is 3. The maximum atomic E-state index is 12.8. The average Bonchev–Trinajstić information content (AvgIpc) is 2.76. The monoisotopic (exact) mass is 384 g/mol. The maximum absolute atomic E-state index is 12.8. The molecule has 2 atom stereocenters. The summed E-state index contributed by atoms with van der Waals surface area (Å²) in [7, 11) is -4.23. The lowest BCUT2D eigenvalue weighted by atomic mass is 10.0. The van der Waals surface area contributed by atoms with Crippen molar-refractivity contribution < 1.29 is 27.9 Å². The highest BCUT2D eigenvalue weighted by atomic mass is 32.2. The van der Waals surface area contributed by atoms with Gasteiger partial charge in [-0.25, -0.2) is 13.4 Å². The molecule has 1 aromatic heterocycles. The minimum absolute atomic E-state index is 0.120. The van der Waals surface area contributed by atoms with Crippen LogP contribution in [0.3, 0.4) is 0 Å². The van der Waals surface area contributed by atoms with Crippen LogP contribution in [0, 0.1) is 0 Å². The largest absolute Gasteiger partial charge is 0.396 e. The van der Waals surface area contributed by atoms with E-state index in [1.54, 1.807) is 0 Å². The van der Waals surface area contributed by atoms with Gasteiger partial charge in [0, 0.05) is 19.2 Å². The lowest BCUT2D eigenvalue weighted by Crippen LogP contribution is -2.56. The molecule has 0 spiro atoms. The predicted molar refractivity (Wildman–Crippen MR) is 89.0 cm³/mol. The van der Waals surface area contributed by atoms with Gasteiger partial charge >= 0.3 is 0 Å². The molecule has 2 amide bonds. The van der Waals surface area contributed by atoms with Gasteiger partial charge in [-0.15, -0.1) is 0 Å². The number of ketones is 1. The summed E-state index contributed by atoms with van der Waals surface area (Å²) in [4.78, 5) is 40.0. The van der Waals surface area contributed by atoms with Gasteiger partial charge in [0.05, 0.1) is 12.6 Å². The van der Waals surface area contributed by atoms with Crippen molar-refractivity contribution in [3.63, 3.8) is 0 Å². The van der Waals surface area contributed by atoms with Crippen molar-refractivity contribution in [3.05, 3.63) is 24.4 Å². The SMILES string of the molecule is NC(=O)C1C(=O)[C@@H](NC(=O)CCO)CCCN1S(=O)(=O)c1ccccn1. The molecule has 1 aliphatic rings. The fourth-order valence-electron chi connectivity index (χ4n) is 2.73. The number of nitrogens with two attached hydrogens (primary N) is 1. The van der Waals surface area contributed by atoms with Crippen LogP contribution in [0.25, 0.3) is 0 Å². The van der Waals surface area contributed by atoms with Crippen molar-refractivity contribution in [1.82, 2.24) is 14.6 Å². The van der Waals surface area contributed by atoms with E-state index in [2.05, 4.69) is 10.3 Å². The number of nitrogens with one attached hydrogen (secondary N) is 1. The Morgan fingerprint density at radius 1 is 1.38 bits per heavy atom. The lowest BCUT2D eigenvalue weighted by Gasteiger charge is -2.26. The second-order valence-corrected chi connectivity index (χ2v) is 7.56. The third-order valence-corrected chi connectivity index (χ3v) is 5.71. The molecule has 1 fully saturated rings. The van der Waals surface area contributed by atoms with Gasteiger partial charge in [-0.3, -0.25) is 14.4 Å². The highest BCUT2D eigenvalue weighted by molar-refractivity contribution is 7.89. The Balaban J connectivity index is 2.35. The van der Waals surface area contributed by atoms with E-state index in [1.807, 2.05) is 0 Å². The van der Waals surface area contributed by atoms with Crippen LogP contribution >= 0.6 is 0 Å². The number of primary amides is 1. The van der Waals surface area contributed by atoms with Crippen molar-refractivity contribution in [1.29, 1.82) is 0 Å². The van der Waals surface area contributed by atoms with Crippen LogP contribution in [0.5, 0.6) is 0 Å². The molecule has 0 aromatic carbocycles. The molecule has 0 radical (unpaired) electrons. The topological polar surface area (TPSA) is 160 Å². The number of amides is 2. The third-order valence-electron chi connectivity index (χ3n) is 3.93. The van der Waals surface area contributed by atoms with E-state index >= 15 is 0 Å². The minimum Gasteiger partial charge on any atom is -0.396 e. The Hall–Kier alpha value is -2.37. The summed E-state index contributed by atoms with van der Waals surface area (Å²) in [6.07, 6.45) is 1.45. The molecule has 1 aliphatic heterocycles. The van der Waals surface area contributed by atoms with Gasteiger partial charge < -0.3 is 16.2 Å². The number of hydrogen-bond acceptors (Lipinski definition) is 7. The lowest BCUT2D eigenvalue weighted by molar-refractivity contribution is -0.135. The zero-order valence-corrected chi connectivity index (χ0v) is 14.7. The Morgan fingerprint density at radius 3 is 2.69 bits per heavy atom. The second kappa shape index (κ2) is 8.34. The molecule has 1 aromatic rings. The van der Waals surface area contributed by atoms with Gasteiger partial charge in [0.25, 0.3) is 10.0 Å². The van der Waals surface area contributed by atoms with Gasteiger partial charge in [-0.05, 0) is 25.0 Å². The molecule has 11 heteroatoms. The van der Waals surface area contributed by atoms with Crippen LogP contribution in [-0.4, -0.2) is 65.6 Å². The molecule has 0 bridgehead atoms. The minimum atomic E-state index is -4.23. The summed E-state index contributed by atoms with van der Waals surface area (Å²) in [5, 5.41) is 10.9. The molecule has 0 aliphatic carbocycles. The van der Waals surface area contributed by atoms with Crippen LogP contribution in [0.15, 0.2) is 29.4 Å². The molecule has 142 valence electrons. The summed E-state index contributed by atoms with van der Waals surface area (Å²) < 4.78 is 26.4. The van der Waals surface area contributed by atoms with E-state index < -0.39 is 46.3 Å². The van der Waals surface area contributed by atoms with Gasteiger partial charge in [0.1, 0.15) is 0 Å². The van der Waals surface area contributed by atoms with Crippen molar-refractivity contribution in [3.8, 4) is 0 Å². The summed E-state index contributed by atoms with van der Waals surface area (Å²) >= 11 is 0. The van der Waals surface area contributed by atoms with Crippen molar-refractivity contribution >= 4 is 27.6 Å². The summed E-state index contributed by atoms with van der Waals surface area (Å²) in [6.45, 7) is -0.517. The molecule has 10 nitrogen and oxygen atoms in total. The number of rotatable bonds is 6. The quantitative estimate of drug-likeness (QED) is 0.486. The summed E-state index contributed by atoms with van der Waals surface area (Å²) in [5.41, 5.74) is 5.30. The normalized spacial score (nSPS) is 21.8. The highest BCUT2D eigenvalue weighted by Crippen LogP contribution is 2.22. The van der Waals surface area contributed by atoms with Crippen LogP contribution < -0.4 is 11.1 Å². The molecule has 2 heterocycles. The second-order valence-electron chi connectivity index (χ2n) is 5.73. The molecular formula is C15H20N4O6S. The van der Waals surface area contributed by atoms with Gasteiger partial charge in [-0.2, -0.15) is 4.31 Å². The number of pyridine rings is 1. The first-order valence-corrected chi connectivity index (χ1v) is 9.39. The van der Waals surface area contributed by atoms with E-state index in [0.717, 1.165) is 4.31 Å². The van der Waals surface area contributed by atoms with Crippen molar-refractivity contribution in [2.75, 3.05) is 13.2 Å². The van der Waals surface area contributed by atoms with E-state index in [-0.39, 0.29) is 30.8 Å². The number of hydrogen-bond donors (Lipinski definition) is 3. The van der Waals surface area contributed by atoms with Crippen LogP contribution in [0.4, 0.5) is 0 Å². The smallest absolute Gasteiger partial charge is 0.261 e. The van der Waals surface area contributed by atoms with E-state index in [1.165, 1.54) is 24.4 Å². The van der Waals surface area contributed by atoms with E-state index in [4.69, 9.17) is 10.8 Å². The first-order chi connectivity index (χ1) is 12.3. The standard InChI is InChI=1S/C15H20N4O6S/c16-15(23)13-14(22)10(18-11(21)6-9-20)4-3-8-19(13)26(24,25)12-5-1-2-7-17-12/h1-2,5,7,10,13,20H,3-4,6,8-9H2,(H2,16,23)(H,18,21)/t10-,13?/m0/s1. The Bertz CT molecular complexity index is 783. The molecule has 26 heavy (non-hydrogen) atoms. The Labute approximate surface area is 150 Å².